The maximum Gasteiger partial charge on any atom is 0.323 e. The van der Waals surface area contributed by atoms with Crippen LogP contribution in [0.1, 0.15) is 48.1 Å². The van der Waals surface area contributed by atoms with Gasteiger partial charge >= 0.3 is 6.01 Å². The van der Waals surface area contributed by atoms with E-state index in [1.165, 1.54) is 11.3 Å². The van der Waals surface area contributed by atoms with E-state index in [1.54, 1.807) is 4.90 Å². The molecule has 6 heterocycles. The maximum absolute atomic E-state index is 14.3. The molecular formula is C27H28FN9OS2. The molecule has 5 aliphatic rings. The first-order valence-corrected chi connectivity index (χ1v) is 15.3. The molecule has 4 aliphatic heterocycles. The van der Waals surface area contributed by atoms with Gasteiger partial charge in [0.25, 0.3) is 0 Å². The van der Waals surface area contributed by atoms with Crippen LogP contribution in [0, 0.1) is 35.0 Å². The Kier molecular flexibility index (Phi) is 5.84. The van der Waals surface area contributed by atoms with Crippen molar-refractivity contribution in [3.8, 4) is 30.5 Å². The second-order valence-electron chi connectivity index (χ2n) is 11.4. The predicted octanol–water partition coefficient (Wildman–Crippen LogP) is 2.80. The molecule has 206 valence electrons. The molecular weight excluding hydrogens is 549 g/mol. The van der Waals surface area contributed by atoms with Crippen LogP contribution in [0.4, 0.5) is 21.3 Å². The van der Waals surface area contributed by atoms with Crippen LogP contribution in [-0.4, -0.2) is 76.4 Å². The van der Waals surface area contributed by atoms with Crippen LogP contribution < -0.4 is 20.3 Å². The highest BCUT2D eigenvalue weighted by molar-refractivity contribution is 8.00. The minimum Gasteiger partial charge on any atom is -0.461 e. The molecule has 40 heavy (non-hydrogen) atoms. The number of fused-ring (bicyclic) bond motifs is 3. The number of terminal acetylenes is 1. The molecule has 4 fully saturated rings. The quantitative estimate of drug-likeness (QED) is 0.487. The Morgan fingerprint density at radius 1 is 1.23 bits per heavy atom. The first-order chi connectivity index (χ1) is 19.3. The fourth-order valence-corrected chi connectivity index (χ4v) is 9.61. The van der Waals surface area contributed by atoms with E-state index in [1.807, 2.05) is 16.7 Å². The van der Waals surface area contributed by atoms with Crippen molar-refractivity contribution < 1.29 is 9.13 Å². The van der Waals surface area contributed by atoms with Crippen molar-refractivity contribution in [2.75, 3.05) is 54.9 Å². The number of halogens is 1. The van der Waals surface area contributed by atoms with Crippen molar-refractivity contribution in [3.05, 3.63) is 16.0 Å². The number of hydrogen-bond donors (Lipinski definition) is 1. The van der Waals surface area contributed by atoms with E-state index in [-0.39, 0.29) is 29.4 Å². The van der Waals surface area contributed by atoms with Gasteiger partial charge in [0.1, 0.15) is 29.4 Å². The predicted molar refractivity (Wildman–Crippen MR) is 151 cm³/mol. The monoisotopic (exact) mass is 577 g/mol. The first kappa shape index (κ1) is 25.6. The second kappa shape index (κ2) is 9.10. The van der Waals surface area contributed by atoms with Gasteiger partial charge in [-0.2, -0.15) is 25.5 Å². The number of thioether (sulfide) groups is 1. The van der Waals surface area contributed by atoms with Crippen LogP contribution in [0.15, 0.2) is 0 Å². The molecule has 0 aromatic carbocycles. The van der Waals surface area contributed by atoms with Crippen LogP contribution >= 0.6 is 23.1 Å². The number of hydrogen-bond acceptors (Lipinski definition) is 12. The van der Waals surface area contributed by atoms with Crippen LogP contribution in [0.2, 0.25) is 0 Å². The third-order valence-electron chi connectivity index (χ3n) is 8.99. The molecule has 1 spiro atoms. The molecule has 1 saturated carbocycles. The van der Waals surface area contributed by atoms with Crippen LogP contribution in [0.25, 0.3) is 0 Å². The van der Waals surface area contributed by atoms with Crippen LogP contribution in [0.5, 0.6) is 6.01 Å². The molecule has 1 aliphatic carbocycles. The van der Waals surface area contributed by atoms with Gasteiger partial charge in [-0.15, -0.1) is 29.5 Å². The molecule has 2 N–H and O–H groups in total. The van der Waals surface area contributed by atoms with Crippen molar-refractivity contribution in [2.45, 2.75) is 59.9 Å². The minimum absolute atomic E-state index is 0.150. The van der Waals surface area contributed by atoms with Gasteiger partial charge in [-0.05, 0) is 32.2 Å². The van der Waals surface area contributed by atoms with E-state index in [4.69, 9.17) is 21.9 Å². The van der Waals surface area contributed by atoms with E-state index in [2.05, 4.69) is 32.9 Å². The van der Waals surface area contributed by atoms with E-state index in [0.717, 1.165) is 35.6 Å². The van der Waals surface area contributed by atoms with Gasteiger partial charge in [0, 0.05) is 42.2 Å². The summed E-state index contributed by atoms with van der Waals surface area (Å²) >= 11 is 3.32. The zero-order valence-electron chi connectivity index (χ0n) is 21.9. The van der Waals surface area contributed by atoms with Gasteiger partial charge < -0.3 is 20.3 Å². The number of nitriles is 2. The molecule has 2 aromatic heterocycles. The Hall–Kier alpha value is -3.31. The van der Waals surface area contributed by atoms with E-state index in [0.29, 0.717) is 61.4 Å². The highest BCUT2D eigenvalue weighted by atomic mass is 32.2. The van der Waals surface area contributed by atoms with Crippen molar-refractivity contribution in [3.63, 3.8) is 0 Å². The molecule has 0 amide bonds. The average molecular weight is 578 g/mol. The smallest absolute Gasteiger partial charge is 0.323 e. The Morgan fingerprint density at radius 3 is 2.77 bits per heavy atom. The fraction of sp³-hybridized carbons (Fsp3) is 0.593. The summed E-state index contributed by atoms with van der Waals surface area (Å²) in [7, 11) is 0. The van der Waals surface area contributed by atoms with Gasteiger partial charge in [0.15, 0.2) is 0 Å². The number of nitrogens with two attached hydrogens (primary N) is 1. The summed E-state index contributed by atoms with van der Waals surface area (Å²) < 4.78 is 20.3. The minimum atomic E-state index is -0.861. The third kappa shape index (κ3) is 3.81. The van der Waals surface area contributed by atoms with Crippen molar-refractivity contribution in [1.29, 1.82) is 10.5 Å². The number of aromatic nitrogens is 3. The van der Waals surface area contributed by atoms with Gasteiger partial charge in [-0.3, -0.25) is 4.90 Å². The zero-order chi connectivity index (χ0) is 27.7. The summed E-state index contributed by atoms with van der Waals surface area (Å²) in [6.07, 6.45) is 8.52. The van der Waals surface area contributed by atoms with Crippen LogP contribution in [0.3, 0.4) is 0 Å². The lowest BCUT2D eigenvalue weighted by molar-refractivity contribution is 0.107. The summed E-state index contributed by atoms with van der Waals surface area (Å²) in [5.74, 6) is 4.22. The lowest BCUT2D eigenvalue weighted by atomic mass is 9.88. The van der Waals surface area contributed by atoms with E-state index >= 15 is 0 Å². The summed E-state index contributed by atoms with van der Waals surface area (Å²) in [4.78, 5) is 21.3. The number of nitrogens with zero attached hydrogens (tertiary/aromatic N) is 8. The van der Waals surface area contributed by atoms with Gasteiger partial charge in [-0.1, -0.05) is 5.92 Å². The molecule has 0 bridgehead atoms. The number of anilines is 3. The van der Waals surface area contributed by atoms with Crippen molar-refractivity contribution >= 4 is 40.0 Å². The third-order valence-corrected chi connectivity index (χ3v) is 11.6. The lowest BCUT2D eigenvalue weighted by Crippen LogP contribution is -2.57. The molecule has 3 saturated heterocycles. The summed E-state index contributed by atoms with van der Waals surface area (Å²) in [5.41, 5.74) is 6.69. The topological polar surface area (TPSA) is 131 Å². The highest BCUT2D eigenvalue weighted by Crippen LogP contribution is 2.58. The normalized spacial score (nSPS) is 26.9. The van der Waals surface area contributed by atoms with E-state index < -0.39 is 11.7 Å². The second-order valence-corrected chi connectivity index (χ2v) is 13.9. The Morgan fingerprint density at radius 2 is 2.05 bits per heavy atom. The first-order valence-electron chi connectivity index (χ1n) is 13.5. The maximum atomic E-state index is 14.3. The van der Waals surface area contributed by atoms with Gasteiger partial charge in [-0.25, -0.2) is 4.39 Å². The number of thiophene rings is 1. The molecule has 13 heteroatoms. The lowest BCUT2D eigenvalue weighted by Gasteiger charge is -2.47. The summed E-state index contributed by atoms with van der Waals surface area (Å²) in [6.45, 7) is 2.99. The van der Waals surface area contributed by atoms with Crippen LogP contribution in [-0.2, 0) is 10.5 Å². The van der Waals surface area contributed by atoms with Gasteiger partial charge in [0.2, 0.25) is 11.9 Å². The average Bonchev–Trinajstić information content (AvgIpc) is 3.13. The van der Waals surface area contributed by atoms with Crippen molar-refractivity contribution in [2.24, 2.45) is 0 Å². The molecule has 10 nitrogen and oxygen atoms in total. The summed E-state index contributed by atoms with van der Waals surface area (Å²) in [5, 5.41) is 20.3. The zero-order valence-corrected chi connectivity index (χ0v) is 23.5. The number of alkyl halides is 1. The van der Waals surface area contributed by atoms with Gasteiger partial charge in [0.05, 0.1) is 28.5 Å². The molecule has 0 radical (unpaired) electrons. The number of ether oxygens (including phenoxy) is 1. The highest BCUT2D eigenvalue weighted by Gasteiger charge is 2.54. The summed E-state index contributed by atoms with van der Waals surface area (Å²) in [6, 6.07) is 4.84. The molecule has 7 rings (SSSR count). The Bertz CT molecular complexity index is 1500. The molecule has 0 unspecified atom stereocenters. The molecule has 2 aromatic rings. The number of rotatable bonds is 7. The fourth-order valence-electron chi connectivity index (χ4n) is 6.80. The standard InChI is InChI=1S/C27H28FN9OS2/c1-2-7-37(25(13-30)5-6-25)23-32-22(33-24(34-23)38-16-26-4-3-8-36(26)11-17(28)9-26)35-14-27(15-35)20-18(10-29)21(31)40-19(20)12-39-27/h1,17H,3-9,11-12,14-16,31H2/t17-,26+/m1/s1. The SMILES string of the molecule is C#CCN(c1nc(OC[C@@]23CCCN2C[C@H](F)C3)nc(N2CC3(C2)SCc2sc(N)c(C#N)c23)n1)C1(C#N)CC1. The number of nitrogen functional groups attached to an aromatic ring is 1. The molecule has 2 atom stereocenters. The van der Waals surface area contributed by atoms with E-state index in [9.17, 15) is 14.9 Å². The van der Waals surface area contributed by atoms with Crippen molar-refractivity contribution in [1.82, 2.24) is 19.9 Å². The largest absolute Gasteiger partial charge is 0.461 e. The Labute approximate surface area is 240 Å². The Balaban J connectivity index is 1.20.